The Morgan fingerprint density at radius 1 is 0.931 bits per heavy atom. The zero-order valence-electron chi connectivity index (χ0n) is 16.2. The molecule has 29 heavy (non-hydrogen) atoms. The summed E-state index contributed by atoms with van der Waals surface area (Å²) in [5.74, 6) is 1.67. The van der Waals surface area contributed by atoms with Crippen molar-refractivity contribution in [1.82, 2.24) is 9.97 Å². The summed E-state index contributed by atoms with van der Waals surface area (Å²) < 4.78 is 15.3. The summed E-state index contributed by atoms with van der Waals surface area (Å²) in [7, 11) is 4.48. The monoisotopic (exact) mass is 395 g/mol. The van der Waals surface area contributed by atoms with Crippen LogP contribution in [0.25, 0.3) is 0 Å². The highest BCUT2D eigenvalue weighted by Crippen LogP contribution is 2.34. The predicted octanol–water partition coefficient (Wildman–Crippen LogP) is 3.35. The van der Waals surface area contributed by atoms with Crippen LogP contribution in [0.5, 0.6) is 11.5 Å². The number of hydrogen-bond acceptors (Lipinski definition) is 9. The molecule has 2 aromatic carbocycles. The molecule has 0 amide bonds. The van der Waals surface area contributed by atoms with E-state index in [0.717, 1.165) is 0 Å². The molecule has 0 radical (unpaired) electrons. The number of methoxy groups -OCH3 is 3. The minimum absolute atomic E-state index is 0.322. The van der Waals surface area contributed by atoms with Crippen LogP contribution in [0.15, 0.2) is 48.8 Å². The van der Waals surface area contributed by atoms with E-state index in [1.54, 1.807) is 56.7 Å². The third-order valence-electron chi connectivity index (χ3n) is 4.11. The van der Waals surface area contributed by atoms with Crippen molar-refractivity contribution in [1.29, 1.82) is 0 Å². The predicted molar refractivity (Wildman–Crippen MR) is 110 cm³/mol. The molecular weight excluding hydrogens is 374 g/mol. The number of hydrogen-bond donors (Lipinski definition) is 3. The summed E-state index contributed by atoms with van der Waals surface area (Å²) in [6, 6.07) is 12.1. The van der Waals surface area contributed by atoms with Crippen molar-refractivity contribution in [3.8, 4) is 11.5 Å². The van der Waals surface area contributed by atoms with Crippen LogP contribution in [0.2, 0.25) is 0 Å². The van der Waals surface area contributed by atoms with Crippen molar-refractivity contribution in [3.05, 3.63) is 54.4 Å². The van der Waals surface area contributed by atoms with Crippen LogP contribution in [-0.4, -0.2) is 37.3 Å². The number of nitrogens with zero attached hydrogens (tertiary/aromatic N) is 2. The van der Waals surface area contributed by atoms with Crippen molar-refractivity contribution >= 4 is 34.7 Å². The van der Waals surface area contributed by atoms with Gasteiger partial charge < -0.3 is 30.6 Å². The Morgan fingerprint density at radius 3 is 2.24 bits per heavy atom. The third kappa shape index (κ3) is 4.46. The van der Waals surface area contributed by atoms with E-state index in [-0.39, 0.29) is 0 Å². The number of anilines is 5. The number of rotatable bonds is 7. The number of nitrogen functional groups attached to an aromatic ring is 1. The van der Waals surface area contributed by atoms with Gasteiger partial charge in [-0.05, 0) is 36.4 Å². The van der Waals surface area contributed by atoms with Crippen LogP contribution in [-0.2, 0) is 4.74 Å². The SMILES string of the molecule is COC(=O)c1ccc(Nc2ncnc(Nc3ccc(OC)cc3OC)c2N)cc1. The highest BCUT2D eigenvalue weighted by atomic mass is 16.5. The van der Waals surface area contributed by atoms with E-state index < -0.39 is 5.97 Å². The van der Waals surface area contributed by atoms with E-state index in [1.165, 1.54) is 13.4 Å². The largest absolute Gasteiger partial charge is 0.497 e. The fourth-order valence-electron chi connectivity index (χ4n) is 2.57. The van der Waals surface area contributed by atoms with Gasteiger partial charge in [-0.1, -0.05) is 0 Å². The maximum atomic E-state index is 11.5. The first-order valence-corrected chi connectivity index (χ1v) is 8.60. The van der Waals surface area contributed by atoms with Gasteiger partial charge in [0.05, 0.1) is 32.6 Å². The zero-order valence-corrected chi connectivity index (χ0v) is 16.2. The van der Waals surface area contributed by atoms with Gasteiger partial charge >= 0.3 is 5.97 Å². The second-order valence-electron chi connectivity index (χ2n) is 5.87. The molecule has 1 aromatic heterocycles. The van der Waals surface area contributed by atoms with E-state index in [9.17, 15) is 4.79 Å². The fraction of sp³-hybridized carbons (Fsp3) is 0.150. The molecule has 9 heteroatoms. The van der Waals surface area contributed by atoms with Gasteiger partial charge in [0.15, 0.2) is 11.6 Å². The second kappa shape index (κ2) is 8.79. The molecule has 0 aliphatic carbocycles. The highest BCUT2D eigenvalue weighted by Gasteiger charge is 2.12. The van der Waals surface area contributed by atoms with Gasteiger partial charge in [0.1, 0.15) is 23.5 Å². The van der Waals surface area contributed by atoms with Crippen LogP contribution in [0.3, 0.4) is 0 Å². The van der Waals surface area contributed by atoms with Crippen molar-refractivity contribution in [2.24, 2.45) is 0 Å². The molecule has 0 aliphatic rings. The van der Waals surface area contributed by atoms with Gasteiger partial charge in [0.25, 0.3) is 0 Å². The summed E-state index contributed by atoms with van der Waals surface area (Å²) in [6.07, 6.45) is 1.39. The number of nitrogens with two attached hydrogens (primary N) is 1. The Kier molecular flexibility index (Phi) is 5.98. The van der Waals surface area contributed by atoms with Gasteiger partial charge in [-0.15, -0.1) is 0 Å². The number of carbonyl (C=O) groups excluding carboxylic acids is 1. The van der Waals surface area contributed by atoms with E-state index in [4.69, 9.17) is 19.9 Å². The van der Waals surface area contributed by atoms with Crippen molar-refractivity contribution < 1.29 is 19.0 Å². The molecule has 4 N–H and O–H groups in total. The summed E-state index contributed by atoms with van der Waals surface area (Å²) in [4.78, 5) is 19.9. The number of esters is 1. The standard InChI is InChI=1S/C20H21N5O4/c1-27-14-8-9-15(16(10-14)28-2)25-19-17(21)18(22-11-23-19)24-13-6-4-12(5-7-13)20(26)29-3/h4-11H,21H2,1-3H3,(H2,22,23,24,25). The smallest absolute Gasteiger partial charge is 0.337 e. The summed E-state index contributed by atoms with van der Waals surface area (Å²) in [5.41, 5.74) is 8.38. The molecule has 0 atom stereocenters. The lowest BCUT2D eigenvalue weighted by atomic mass is 10.2. The van der Waals surface area contributed by atoms with Crippen LogP contribution in [0.1, 0.15) is 10.4 Å². The lowest BCUT2D eigenvalue weighted by molar-refractivity contribution is 0.0601. The van der Waals surface area contributed by atoms with Gasteiger partial charge in [0, 0.05) is 11.8 Å². The first-order valence-electron chi connectivity index (χ1n) is 8.60. The molecule has 0 unspecified atom stereocenters. The summed E-state index contributed by atoms with van der Waals surface area (Å²) in [5, 5.41) is 6.25. The van der Waals surface area contributed by atoms with Crippen molar-refractivity contribution in [2.75, 3.05) is 37.7 Å². The summed E-state index contributed by atoms with van der Waals surface area (Å²) in [6.45, 7) is 0. The van der Waals surface area contributed by atoms with Crippen LogP contribution >= 0.6 is 0 Å². The molecule has 0 saturated carbocycles. The average Bonchev–Trinajstić information content (AvgIpc) is 2.76. The number of aromatic nitrogens is 2. The number of ether oxygens (including phenoxy) is 3. The molecule has 3 rings (SSSR count). The average molecular weight is 395 g/mol. The number of benzene rings is 2. The minimum atomic E-state index is -0.405. The Labute approximate surface area is 167 Å². The molecule has 0 spiro atoms. The van der Waals surface area contributed by atoms with Crippen molar-refractivity contribution in [2.45, 2.75) is 0 Å². The molecule has 0 saturated heterocycles. The van der Waals surface area contributed by atoms with E-state index in [2.05, 4.69) is 20.6 Å². The van der Waals surface area contributed by atoms with Gasteiger partial charge in [-0.2, -0.15) is 0 Å². The molecule has 9 nitrogen and oxygen atoms in total. The first kappa shape index (κ1) is 19.7. The third-order valence-corrected chi connectivity index (χ3v) is 4.11. The van der Waals surface area contributed by atoms with Crippen LogP contribution in [0, 0.1) is 0 Å². The molecule has 0 bridgehead atoms. The maximum Gasteiger partial charge on any atom is 0.337 e. The Hall–Kier alpha value is -4.01. The normalized spacial score (nSPS) is 10.2. The molecule has 0 fully saturated rings. The topological polar surface area (TPSA) is 121 Å². The van der Waals surface area contributed by atoms with E-state index >= 15 is 0 Å². The Balaban J connectivity index is 1.82. The fourth-order valence-corrected chi connectivity index (χ4v) is 2.57. The molecule has 3 aromatic rings. The van der Waals surface area contributed by atoms with Gasteiger partial charge in [-0.3, -0.25) is 0 Å². The van der Waals surface area contributed by atoms with Crippen LogP contribution < -0.4 is 25.8 Å². The van der Waals surface area contributed by atoms with E-state index in [1.807, 2.05) is 0 Å². The second-order valence-corrected chi connectivity index (χ2v) is 5.87. The lowest BCUT2D eigenvalue weighted by Crippen LogP contribution is -2.06. The maximum absolute atomic E-state index is 11.5. The summed E-state index contributed by atoms with van der Waals surface area (Å²) >= 11 is 0. The lowest BCUT2D eigenvalue weighted by Gasteiger charge is -2.15. The molecule has 1 heterocycles. The highest BCUT2D eigenvalue weighted by molar-refractivity contribution is 5.90. The van der Waals surface area contributed by atoms with Gasteiger partial charge in [-0.25, -0.2) is 14.8 Å². The van der Waals surface area contributed by atoms with Gasteiger partial charge in [0.2, 0.25) is 0 Å². The Bertz CT molecular complexity index is 1010. The molecule has 0 aliphatic heterocycles. The minimum Gasteiger partial charge on any atom is -0.497 e. The number of carbonyl (C=O) groups is 1. The van der Waals surface area contributed by atoms with E-state index in [0.29, 0.717) is 45.8 Å². The zero-order chi connectivity index (χ0) is 20.8. The quantitative estimate of drug-likeness (QED) is 0.517. The number of nitrogens with one attached hydrogen (secondary N) is 2. The van der Waals surface area contributed by atoms with Crippen LogP contribution in [0.4, 0.5) is 28.7 Å². The first-order chi connectivity index (χ1) is 14.0. The van der Waals surface area contributed by atoms with Crippen molar-refractivity contribution in [3.63, 3.8) is 0 Å². The molecular formula is C20H21N5O4. The molecule has 150 valence electrons. The Morgan fingerprint density at radius 2 is 1.62 bits per heavy atom.